The summed E-state index contributed by atoms with van der Waals surface area (Å²) in [6.07, 6.45) is 0. The SMILES string of the molecule is CCOc1ccc(S(=O)(=O)NC)cc1CNC(C)C. The maximum absolute atomic E-state index is 11.8. The normalized spacial score (nSPS) is 11.8. The molecule has 0 aliphatic carbocycles. The molecule has 0 aliphatic heterocycles. The zero-order valence-electron chi connectivity index (χ0n) is 11.9. The maximum atomic E-state index is 11.8. The van der Waals surface area contributed by atoms with Gasteiger partial charge in [0.25, 0.3) is 0 Å². The molecule has 0 bridgehead atoms. The van der Waals surface area contributed by atoms with Crippen molar-refractivity contribution in [3.63, 3.8) is 0 Å². The highest BCUT2D eigenvalue weighted by atomic mass is 32.2. The van der Waals surface area contributed by atoms with Crippen LogP contribution in [0.25, 0.3) is 0 Å². The molecule has 0 aromatic heterocycles. The van der Waals surface area contributed by atoms with Gasteiger partial charge >= 0.3 is 0 Å². The molecule has 0 spiro atoms. The molecule has 19 heavy (non-hydrogen) atoms. The van der Waals surface area contributed by atoms with Crippen molar-refractivity contribution in [1.29, 1.82) is 0 Å². The van der Waals surface area contributed by atoms with Crippen molar-refractivity contribution in [3.05, 3.63) is 23.8 Å². The predicted octanol–water partition coefficient (Wildman–Crippen LogP) is 1.49. The molecule has 0 unspecified atom stereocenters. The van der Waals surface area contributed by atoms with Crippen LogP contribution in [0.2, 0.25) is 0 Å². The smallest absolute Gasteiger partial charge is 0.240 e. The minimum atomic E-state index is -3.42. The Morgan fingerprint density at radius 3 is 2.53 bits per heavy atom. The Kier molecular flexibility index (Phi) is 5.78. The average molecular weight is 286 g/mol. The second kappa shape index (κ2) is 6.88. The highest BCUT2D eigenvalue weighted by Crippen LogP contribution is 2.22. The molecule has 1 aromatic rings. The van der Waals surface area contributed by atoms with Crippen molar-refractivity contribution in [2.45, 2.75) is 38.3 Å². The quantitative estimate of drug-likeness (QED) is 0.797. The fraction of sp³-hybridized carbons (Fsp3) is 0.538. The number of benzene rings is 1. The average Bonchev–Trinajstić information content (AvgIpc) is 2.37. The highest BCUT2D eigenvalue weighted by Gasteiger charge is 2.14. The van der Waals surface area contributed by atoms with Crippen LogP contribution in [0.1, 0.15) is 26.3 Å². The third-order valence-corrected chi connectivity index (χ3v) is 4.02. The largest absolute Gasteiger partial charge is 0.494 e. The number of hydrogen-bond acceptors (Lipinski definition) is 4. The van der Waals surface area contributed by atoms with Crippen LogP contribution in [0.3, 0.4) is 0 Å². The fourth-order valence-electron chi connectivity index (χ4n) is 1.59. The van der Waals surface area contributed by atoms with E-state index in [2.05, 4.69) is 10.0 Å². The lowest BCUT2D eigenvalue weighted by Gasteiger charge is -2.14. The van der Waals surface area contributed by atoms with E-state index in [1.165, 1.54) is 7.05 Å². The second-order valence-electron chi connectivity index (χ2n) is 4.45. The van der Waals surface area contributed by atoms with Crippen molar-refractivity contribution >= 4 is 10.0 Å². The van der Waals surface area contributed by atoms with E-state index in [0.717, 1.165) is 5.56 Å². The molecule has 0 heterocycles. The van der Waals surface area contributed by atoms with Crippen LogP contribution in [-0.4, -0.2) is 28.1 Å². The Balaban J connectivity index is 3.10. The van der Waals surface area contributed by atoms with E-state index >= 15 is 0 Å². The Morgan fingerprint density at radius 1 is 1.32 bits per heavy atom. The van der Waals surface area contributed by atoms with Gasteiger partial charge in [0.15, 0.2) is 0 Å². The third-order valence-electron chi connectivity index (χ3n) is 2.61. The monoisotopic (exact) mass is 286 g/mol. The van der Waals surface area contributed by atoms with Crippen LogP contribution in [-0.2, 0) is 16.6 Å². The number of sulfonamides is 1. The van der Waals surface area contributed by atoms with E-state index in [-0.39, 0.29) is 4.90 Å². The number of ether oxygens (including phenoxy) is 1. The summed E-state index contributed by atoms with van der Waals surface area (Å²) in [5.74, 6) is 0.714. The summed E-state index contributed by atoms with van der Waals surface area (Å²) in [6.45, 7) is 7.09. The number of hydrogen-bond donors (Lipinski definition) is 2. The van der Waals surface area contributed by atoms with E-state index < -0.39 is 10.0 Å². The molecule has 1 rings (SSSR count). The summed E-state index contributed by atoms with van der Waals surface area (Å²) in [5.41, 5.74) is 0.840. The minimum Gasteiger partial charge on any atom is -0.494 e. The van der Waals surface area contributed by atoms with Crippen molar-refractivity contribution in [1.82, 2.24) is 10.0 Å². The second-order valence-corrected chi connectivity index (χ2v) is 6.33. The van der Waals surface area contributed by atoms with E-state index in [4.69, 9.17) is 4.74 Å². The van der Waals surface area contributed by atoms with Crippen LogP contribution in [0, 0.1) is 0 Å². The molecule has 0 fully saturated rings. The molecular weight excluding hydrogens is 264 g/mol. The topological polar surface area (TPSA) is 67.4 Å². The molecule has 1 aromatic carbocycles. The number of nitrogens with one attached hydrogen (secondary N) is 2. The van der Waals surface area contributed by atoms with Gasteiger partial charge in [-0.25, -0.2) is 13.1 Å². The molecular formula is C13H22N2O3S. The Labute approximate surface area is 115 Å². The lowest BCUT2D eigenvalue weighted by molar-refractivity contribution is 0.334. The van der Waals surface area contributed by atoms with Crippen LogP contribution in [0.4, 0.5) is 0 Å². The third kappa shape index (κ3) is 4.49. The van der Waals surface area contributed by atoms with Crippen LogP contribution < -0.4 is 14.8 Å². The Bertz CT molecular complexity index is 513. The standard InChI is InChI=1S/C13H22N2O3S/c1-5-18-13-7-6-12(19(16,17)14-4)8-11(13)9-15-10(2)3/h6-8,10,14-15H,5,9H2,1-4H3. The molecule has 0 saturated heterocycles. The highest BCUT2D eigenvalue weighted by molar-refractivity contribution is 7.89. The lowest BCUT2D eigenvalue weighted by Crippen LogP contribution is -2.23. The van der Waals surface area contributed by atoms with Gasteiger partial charge in [0.1, 0.15) is 5.75 Å². The molecule has 5 nitrogen and oxygen atoms in total. The molecule has 0 amide bonds. The summed E-state index contributed by atoms with van der Waals surface area (Å²) in [5, 5.41) is 3.26. The summed E-state index contributed by atoms with van der Waals surface area (Å²) < 4.78 is 31.4. The predicted molar refractivity (Wildman–Crippen MR) is 75.8 cm³/mol. The molecule has 0 saturated carbocycles. The molecule has 0 aliphatic rings. The van der Waals surface area contributed by atoms with E-state index in [0.29, 0.717) is 24.9 Å². The van der Waals surface area contributed by atoms with Crippen molar-refractivity contribution in [2.75, 3.05) is 13.7 Å². The van der Waals surface area contributed by atoms with Crippen molar-refractivity contribution in [2.24, 2.45) is 0 Å². The Morgan fingerprint density at radius 2 is 2.00 bits per heavy atom. The van der Waals surface area contributed by atoms with E-state index in [1.807, 2.05) is 20.8 Å². The zero-order valence-corrected chi connectivity index (χ0v) is 12.7. The van der Waals surface area contributed by atoms with Gasteiger partial charge in [-0.05, 0) is 32.2 Å². The van der Waals surface area contributed by atoms with Crippen LogP contribution in [0.5, 0.6) is 5.75 Å². The summed E-state index contributed by atoms with van der Waals surface area (Å²) >= 11 is 0. The van der Waals surface area contributed by atoms with E-state index in [1.54, 1.807) is 18.2 Å². The van der Waals surface area contributed by atoms with Crippen molar-refractivity contribution in [3.8, 4) is 5.75 Å². The molecule has 2 N–H and O–H groups in total. The molecule has 0 atom stereocenters. The van der Waals surface area contributed by atoms with E-state index in [9.17, 15) is 8.42 Å². The van der Waals surface area contributed by atoms with Gasteiger partial charge in [0, 0.05) is 18.2 Å². The van der Waals surface area contributed by atoms with Gasteiger partial charge in [-0.2, -0.15) is 0 Å². The van der Waals surface area contributed by atoms with Gasteiger partial charge in [-0.1, -0.05) is 13.8 Å². The number of rotatable bonds is 7. The summed E-state index contributed by atoms with van der Waals surface area (Å²) in [4.78, 5) is 0.249. The van der Waals surface area contributed by atoms with Gasteiger partial charge in [-0.15, -0.1) is 0 Å². The first-order valence-electron chi connectivity index (χ1n) is 6.33. The maximum Gasteiger partial charge on any atom is 0.240 e. The lowest BCUT2D eigenvalue weighted by atomic mass is 10.2. The zero-order chi connectivity index (χ0) is 14.5. The van der Waals surface area contributed by atoms with Gasteiger partial charge in [0.05, 0.1) is 11.5 Å². The first kappa shape index (κ1) is 15.9. The van der Waals surface area contributed by atoms with Gasteiger partial charge < -0.3 is 10.1 Å². The van der Waals surface area contributed by atoms with Gasteiger partial charge in [-0.3, -0.25) is 0 Å². The first-order chi connectivity index (χ1) is 8.90. The van der Waals surface area contributed by atoms with Crippen LogP contribution >= 0.6 is 0 Å². The molecule has 6 heteroatoms. The Hall–Kier alpha value is -1.11. The van der Waals surface area contributed by atoms with Gasteiger partial charge in [0.2, 0.25) is 10.0 Å². The van der Waals surface area contributed by atoms with Crippen LogP contribution in [0.15, 0.2) is 23.1 Å². The molecule has 0 radical (unpaired) electrons. The fourth-order valence-corrected chi connectivity index (χ4v) is 2.37. The minimum absolute atomic E-state index is 0.249. The first-order valence-corrected chi connectivity index (χ1v) is 7.81. The van der Waals surface area contributed by atoms with Crippen molar-refractivity contribution < 1.29 is 13.2 Å². The summed E-state index contributed by atoms with van der Waals surface area (Å²) in [6, 6.07) is 5.21. The summed E-state index contributed by atoms with van der Waals surface area (Å²) in [7, 11) is -2.02. The molecule has 108 valence electrons.